The Balaban J connectivity index is 1.42. The van der Waals surface area contributed by atoms with Crippen LogP contribution in [0.4, 0.5) is 5.13 Å². The van der Waals surface area contributed by atoms with Crippen molar-refractivity contribution in [3.8, 4) is 0 Å². The van der Waals surface area contributed by atoms with E-state index in [4.69, 9.17) is 11.6 Å². The van der Waals surface area contributed by atoms with Gasteiger partial charge in [-0.3, -0.25) is 0 Å². The minimum atomic E-state index is 0.625. The monoisotopic (exact) mass is 402 g/mol. The van der Waals surface area contributed by atoms with Crippen LogP contribution in [0.3, 0.4) is 0 Å². The van der Waals surface area contributed by atoms with Gasteiger partial charge in [-0.25, -0.2) is 9.98 Å². The summed E-state index contributed by atoms with van der Waals surface area (Å²) in [5.74, 6) is 0.735. The Hall–Kier alpha value is -1.80. The number of benzene rings is 2. The predicted molar refractivity (Wildman–Crippen MR) is 108 cm³/mol. The van der Waals surface area contributed by atoms with Crippen molar-refractivity contribution in [3.63, 3.8) is 0 Å². The SMILES string of the molecule is Clc1ccccc1/C=N/c1nnc(CSc2nc3ccccc3s2)s1. The minimum absolute atomic E-state index is 0.625. The Labute approximate surface area is 161 Å². The van der Waals surface area contributed by atoms with E-state index in [9.17, 15) is 0 Å². The number of fused-ring (bicyclic) bond motifs is 1. The fraction of sp³-hybridized carbons (Fsp3) is 0.0588. The lowest BCUT2D eigenvalue weighted by Crippen LogP contribution is -1.81. The molecule has 0 radical (unpaired) electrons. The number of aromatic nitrogens is 3. The number of rotatable bonds is 5. The number of hydrogen-bond donors (Lipinski definition) is 0. The van der Waals surface area contributed by atoms with Crippen LogP contribution in [-0.2, 0) is 5.75 Å². The predicted octanol–water partition coefficient (Wildman–Crippen LogP) is 5.84. The molecular weight excluding hydrogens is 392 g/mol. The highest BCUT2D eigenvalue weighted by molar-refractivity contribution is 8.00. The number of aliphatic imine (C=N–C) groups is 1. The van der Waals surface area contributed by atoms with Crippen molar-refractivity contribution in [1.82, 2.24) is 15.2 Å². The molecule has 0 saturated carbocycles. The molecule has 4 rings (SSSR count). The molecule has 0 atom stereocenters. The minimum Gasteiger partial charge on any atom is -0.230 e. The molecule has 0 spiro atoms. The molecule has 0 aliphatic carbocycles. The molecule has 0 aliphatic rings. The fourth-order valence-corrected chi connectivity index (χ4v) is 5.02. The van der Waals surface area contributed by atoms with Gasteiger partial charge in [0, 0.05) is 16.8 Å². The molecule has 4 aromatic rings. The third-order valence-electron chi connectivity index (χ3n) is 3.27. The zero-order chi connectivity index (χ0) is 17.1. The summed E-state index contributed by atoms with van der Waals surface area (Å²) in [6, 6.07) is 15.7. The van der Waals surface area contributed by atoms with Gasteiger partial charge in [0.25, 0.3) is 0 Å². The Kier molecular flexibility index (Phi) is 5.07. The highest BCUT2D eigenvalue weighted by atomic mass is 35.5. The van der Waals surface area contributed by atoms with E-state index in [1.165, 1.54) is 16.0 Å². The van der Waals surface area contributed by atoms with Crippen molar-refractivity contribution in [1.29, 1.82) is 0 Å². The molecule has 25 heavy (non-hydrogen) atoms. The number of hydrogen-bond acceptors (Lipinski definition) is 7. The molecule has 0 fully saturated rings. The molecule has 8 heteroatoms. The second-order valence-electron chi connectivity index (χ2n) is 4.99. The first-order valence-corrected chi connectivity index (χ1v) is 10.4. The van der Waals surface area contributed by atoms with Gasteiger partial charge in [-0.05, 0) is 18.2 Å². The van der Waals surface area contributed by atoms with E-state index in [0.717, 1.165) is 26.2 Å². The van der Waals surface area contributed by atoms with E-state index >= 15 is 0 Å². The second kappa shape index (κ2) is 7.61. The van der Waals surface area contributed by atoms with Crippen LogP contribution in [0, 0.1) is 0 Å². The summed E-state index contributed by atoms with van der Waals surface area (Å²) >= 11 is 11.0. The van der Waals surface area contributed by atoms with Crippen molar-refractivity contribution in [3.05, 3.63) is 64.1 Å². The van der Waals surface area contributed by atoms with Crippen molar-refractivity contribution in [2.75, 3.05) is 0 Å². The number of thioether (sulfide) groups is 1. The van der Waals surface area contributed by atoms with Crippen LogP contribution >= 0.6 is 46.0 Å². The van der Waals surface area contributed by atoms with Crippen molar-refractivity contribution < 1.29 is 0 Å². The molecular formula is C17H11ClN4S3. The lowest BCUT2D eigenvalue weighted by Gasteiger charge is -1.94. The zero-order valence-electron chi connectivity index (χ0n) is 12.8. The number of thiazole rings is 1. The Morgan fingerprint density at radius 1 is 1.04 bits per heavy atom. The van der Waals surface area contributed by atoms with Gasteiger partial charge in [0.05, 0.1) is 16.0 Å². The van der Waals surface area contributed by atoms with Crippen LogP contribution < -0.4 is 0 Å². The first-order valence-electron chi connectivity index (χ1n) is 7.37. The van der Waals surface area contributed by atoms with Gasteiger partial charge in [0.2, 0.25) is 5.13 Å². The van der Waals surface area contributed by atoms with E-state index in [-0.39, 0.29) is 0 Å². The molecule has 0 saturated heterocycles. The third kappa shape index (κ3) is 4.07. The average molecular weight is 403 g/mol. The molecule has 0 aliphatic heterocycles. The standard InChI is InChI=1S/C17H11ClN4S3/c18-12-6-2-1-5-11(12)9-19-16-22-21-15(25-16)10-23-17-20-13-7-3-4-8-14(13)24-17/h1-9H,10H2/b19-9+. The second-order valence-corrected chi connectivity index (χ2v) is 8.70. The lowest BCUT2D eigenvalue weighted by atomic mass is 10.2. The normalized spacial score (nSPS) is 11.6. The summed E-state index contributed by atoms with van der Waals surface area (Å²) in [5.41, 5.74) is 1.90. The summed E-state index contributed by atoms with van der Waals surface area (Å²) < 4.78 is 2.24. The molecule has 0 amide bonds. The van der Waals surface area contributed by atoms with Gasteiger partial charge in [-0.15, -0.1) is 21.5 Å². The van der Waals surface area contributed by atoms with Crippen LogP contribution in [0.25, 0.3) is 10.2 Å². The van der Waals surface area contributed by atoms with Crippen LogP contribution in [0.5, 0.6) is 0 Å². The summed E-state index contributed by atoms with van der Waals surface area (Å²) in [6.45, 7) is 0. The molecule has 2 heterocycles. The number of halogens is 1. The van der Waals surface area contributed by atoms with Crippen LogP contribution in [0.1, 0.15) is 10.6 Å². The Bertz CT molecular complexity index is 1010. The molecule has 0 unspecified atom stereocenters. The van der Waals surface area contributed by atoms with Crippen LogP contribution in [-0.4, -0.2) is 21.4 Å². The largest absolute Gasteiger partial charge is 0.231 e. The van der Waals surface area contributed by atoms with Crippen LogP contribution in [0.2, 0.25) is 5.02 Å². The van der Waals surface area contributed by atoms with Crippen molar-refractivity contribution in [2.45, 2.75) is 10.1 Å². The van der Waals surface area contributed by atoms with Crippen LogP contribution in [0.15, 0.2) is 57.9 Å². The first-order chi connectivity index (χ1) is 12.3. The van der Waals surface area contributed by atoms with E-state index in [2.05, 4.69) is 26.2 Å². The summed E-state index contributed by atoms with van der Waals surface area (Å²) in [5, 5.41) is 10.5. The van der Waals surface area contributed by atoms with Gasteiger partial charge in [-0.2, -0.15) is 0 Å². The summed E-state index contributed by atoms with van der Waals surface area (Å²) in [7, 11) is 0. The first kappa shape index (κ1) is 16.7. The maximum absolute atomic E-state index is 6.11. The smallest absolute Gasteiger partial charge is 0.230 e. The molecule has 0 bridgehead atoms. The third-order valence-corrected chi connectivity index (χ3v) is 6.82. The van der Waals surface area contributed by atoms with Crippen molar-refractivity contribution in [2.24, 2.45) is 4.99 Å². The Morgan fingerprint density at radius 3 is 2.76 bits per heavy atom. The van der Waals surface area contributed by atoms with E-state index in [0.29, 0.717) is 10.2 Å². The topological polar surface area (TPSA) is 51.0 Å². The van der Waals surface area contributed by atoms with Gasteiger partial charge < -0.3 is 0 Å². The van der Waals surface area contributed by atoms with Gasteiger partial charge in [0.1, 0.15) is 5.01 Å². The maximum atomic E-state index is 6.11. The lowest BCUT2D eigenvalue weighted by molar-refractivity contribution is 1.04. The van der Waals surface area contributed by atoms with Crippen molar-refractivity contribution >= 4 is 67.6 Å². The molecule has 2 aromatic carbocycles. The fourth-order valence-electron chi connectivity index (χ4n) is 2.10. The zero-order valence-corrected chi connectivity index (χ0v) is 16.0. The maximum Gasteiger partial charge on any atom is 0.231 e. The van der Waals surface area contributed by atoms with E-state index in [1.54, 1.807) is 29.3 Å². The van der Waals surface area contributed by atoms with Gasteiger partial charge >= 0.3 is 0 Å². The van der Waals surface area contributed by atoms with E-state index in [1.807, 2.05) is 42.5 Å². The molecule has 4 nitrogen and oxygen atoms in total. The van der Waals surface area contributed by atoms with Gasteiger partial charge in [-0.1, -0.05) is 65.0 Å². The highest BCUT2D eigenvalue weighted by Gasteiger charge is 2.07. The number of nitrogens with zero attached hydrogens (tertiary/aromatic N) is 4. The quantitative estimate of drug-likeness (QED) is 0.310. The highest BCUT2D eigenvalue weighted by Crippen LogP contribution is 2.32. The van der Waals surface area contributed by atoms with E-state index < -0.39 is 0 Å². The molecule has 2 aromatic heterocycles. The summed E-state index contributed by atoms with van der Waals surface area (Å²) in [6.07, 6.45) is 1.72. The van der Waals surface area contributed by atoms with Gasteiger partial charge in [0.15, 0.2) is 4.34 Å². The average Bonchev–Trinajstić information content (AvgIpc) is 3.25. The Morgan fingerprint density at radius 2 is 1.88 bits per heavy atom. The molecule has 0 N–H and O–H groups in total. The molecule has 124 valence electrons. The summed E-state index contributed by atoms with van der Waals surface area (Å²) in [4.78, 5) is 8.97. The number of para-hydroxylation sites is 1.